The number of allylic oxidation sites excluding steroid dienone is 1. The molecule has 5 heteroatoms. The van der Waals surface area contributed by atoms with Gasteiger partial charge in [-0.05, 0) is 49.7 Å². The molecule has 1 aromatic rings. The van der Waals surface area contributed by atoms with Crippen LogP contribution in [0.25, 0.3) is 0 Å². The van der Waals surface area contributed by atoms with Crippen molar-refractivity contribution in [1.82, 2.24) is 0 Å². The molecule has 1 saturated carbocycles. The quantitative estimate of drug-likeness (QED) is 0.697. The van der Waals surface area contributed by atoms with Gasteiger partial charge >= 0.3 is 0 Å². The second-order valence-corrected chi connectivity index (χ2v) is 5.87. The third-order valence-corrected chi connectivity index (χ3v) is 4.27. The monoisotopic (exact) mass is 326 g/mol. The minimum Gasteiger partial charge on any atom is -0.494 e. The smallest absolute Gasteiger partial charge is 0.204 e. The standard InChI is InChI=1S/C18H24F2O3/c1-21-11-3-4-13-5-7-14(8-6-13)12-23-16-10-9-15(22-2)17(19)18(16)20/h3-4,9-10,13-14H,5-8,11-12H2,1-2H3/b4-3+. The molecule has 0 amide bonds. The van der Waals surface area contributed by atoms with Crippen molar-refractivity contribution in [2.45, 2.75) is 25.7 Å². The molecule has 23 heavy (non-hydrogen) atoms. The molecule has 1 aliphatic carbocycles. The average Bonchev–Trinajstić information content (AvgIpc) is 2.58. The van der Waals surface area contributed by atoms with Crippen LogP contribution in [-0.4, -0.2) is 27.4 Å². The second kappa shape index (κ2) is 8.87. The summed E-state index contributed by atoms with van der Waals surface area (Å²) in [5.74, 6) is -1.19. The molecule has 1 aromatic carbocycles. The summed E-state index contributed by atoms with van der Waals surface area (Å²) in [6.45, 7) is 1.06. The van der Waals surface area contributed by atoms with Gasteiger partial charge in [-0.2, -0.15) is 8.78 Å². The van der Waals surface area contributed by atoms with Crippen LogP contribution < -0.4 is 9.47 Å². The maximum atomic E-state index is 13.8. The Morgan fingerprint density at radius 1 is 1.04 bits per heavy atom. The molecule has 0 spiro atoms. The summed E-state index contributed by atoms with van der Waals surface area (Å²) >= 11 is 0. The molecule has 0 unspecified atom stereocenters. The van der Waals surface area contributed by atoms with Crippen molar-refractivity contribution in [3.05, 3.63) is 35.9 Å². The summed E-state index contributed by atoms with van der Waals surface area (Å²) in [6.07, 6.45) is 8.50. The van der Waals surface area contributed by atoms with Crippen molar-refractivity contribution in [1.29, 1.82) is 0 Å². The van der Waals surface area contributed by atoms with E-state index in [4.69, 9.17) is 14.2 Å². The zero-order chi connectivity index (χ0) is 16.7. The topological polar surface area (TPSA) is 27.7 Å². The molecule has 0 saturated heterocycles. The Morgan fingerprint density at radius 3 is 2.35 bits per heavy atom. The lowest BCUT2D eigenvalue weighted by molar-refractivity contribution is 0.186. The van der Waals surface area contributed by atoms with Crippen LogP contribution in [0.3, 0.4) is 0 Å². The Kier molecular flexibility index (Phi) is 6.84. The van der Waals surface area contributed by atoms with Crippen LogP contribution in [0.4, 0.5) is 8.78 Å². The van der Waals surface area contributed by atoms with Crippen LogP contribution in [0.5, 0.6) is 11.5 Å². The lowest BCUT2D eigenvalue weighted by Crippen LogP contribution is -2.19. The Bertz CT molecular complexity index is 523. The van der Waals surface area contributed by atoms with Crippen molar-refractivity contribution >= 4 is 0 Å². The van der Waals surface area contributed by atoms with Crippen molar-refractivity contribution in [3.8, 4) is 11.5 Å². The Labute approximate surface area is 136 Å². The van der Waals surface area contributed by atoms with Gasteiger partial charge in [0.1, 0.15) is 0 Å². The number of rotatable bonds is 7. The summed E-state index contributed by atoms with van der Waals surface area (Å²) in [5, 5.41) is 0. The molecule has 0 aromatic heterocycles. The van der Waals surface area contributed by atoms with Crippen LogP contribution in [0.1, 0.15) is 25.7 Å². The molecule has 0 heterocycles. The maximum absolute atomic E-state index is 13.8. The molecule has 0 aliphatic heterocycles. The first-order valence-corrected chi connectivity index (χ1v) is 7.96. The highest BCUT2D eigenvalue weighted by molar-refractivity contribution is 5.34. The predicted octanol–water partition coefficient (Wildman–Crippen LogP) is 4.36. The highest BCUT2D eigenvalue weighted by atomic mass is 19.2. The maximum Gasteiger partial charge on any atom is 0.204 e. The fourth-order valence-corrected chi connectivity index (χ4v) is 2.88. The minimum absolute atomic E-state index is 0.0505. The second-order valence-electron chi connectivity index (χ2n) is 5.87. The molecule has 0 bridgehead atoms. The zero-order valence-corrected chi connectivity index (χ0v) is 13.7. The van der Waals surface area contributed by atoms with Crippen LogP contribution in [0, 0.1) is 23.5 Å². The highest BCUT2D eigenvalue weighted by Crippen LogP contribution is 2.32. The van der Waals surface area contributed by atoms with Gasteiger partial charge in [-0.25, -0.2) is 0 Å². The Hall–Kier alpha value is -1.62. The van der Waals surface area contributed by atoms with E-state index in [2.05, 4.69) is 12.2 Å². The fourth-order valence-electron chi connectivity index (χ4n) is 2.88. The lowest BCUT2D eigenvalue weighted by Gasteiger charge is -2.26. The SMILES string of the molecule is COC/C=C/C1CCC(COc2ccc(OC)c(F)c2F)CC1. The van der Waals surface area contributed by atoms with Crippen molar-refractivity contribution in [2.75, 3.05) is 27.4 Å². The number of hydrogen-bond donors (Lipinski definition) is 0. The number of methoxy groups -OCH3 is 2. The first-order valence-electron chi connectivity index (χ1n) is 7.96. The van der Waals surface area contributed by atoms with Gasteiger partial charge in [0.2, 0.25) is 11.6 Å². The van der Waals surface area contributed by atoms with E-state index in [-0.39, 0.29) is 11.5 Å². The van der Waals surface area contributed by atoms with Crippen molar-refractivity contribution in [2.24, 2.45) is 11.8 Å². The third-order valence-electron chi connectivity index (χ3n) is 4.27. The van der Waals surface area contributed by atoms with Crippen LogP contribution >= 0.6 is 0 Å². The van der Waals surface area contributed by atoms with Gasteiger partial charge in [0.05, 0.1) is 20.3 Å². The first kappa shape index (κ1) is 17.7. The number of ether oxygens (including phenoxy) is 3. The molecule has 128 valence electrons. The van der Waals surface area contributed by atoms with Crippen molar-refractivity contribution < 1.29 is 23.0 Å². The first-order chi connectivity index (χ1) is 11.2. The third kappa shape index (κ3) is 4.93. The molecule has 1 aliphatic rings. The lowest BCUT2D eigenvalue weighted by atomic mass is 9.82. The number of hydrogen-bond acceptors (Lipinski definition) is 3. The molecule has 3 nitrogen and oxygen atoms in total. The Morgan fingerprint density at radius 2 is 1.70 bits per heavy atom. The summed E-state index contributed by atoms with van der Waals surface area (Å²) in [7, 11) is 2.98. The summed E-state index contributed by atoms with van der Waals surface area (Å²) in [6, 6.07) is 2.79. The van der Waals surface area contributed by atoms with E-state index in [9.17, 15) is 8.78 Å². The number of benzene rings is 1. The van der Waals surface area contributed by atoms with E-state index in [1.54, 1.807) is 7.11 Å². The van der Waals surface area contributed by atoms with Crippen LogP contribution in [-0.2, 0) is 4.74 Å². The van der Waals surface area contributed by atoms with Crippen LogP contribution in [0.15, 0.2) is 24.3 Å². The average molecular weight is 326 g/mol. The highest BCUT2D eigenvalue weighted by Gasteiger charge is 2.21. The minimum atomic E-state index is -1.00. The van der Waals surface area contributed by atoms with Gasteiger partial charge in [-0.3, -0.25) is 0 Å². The van der Waals surface area contributed by atoms with Gasteiger partial charge in [-0.1, -0.05) is 12.2 Å². The van der Waals surface area contributed by atoms with Crippen molar-refractivity contribution in [3.63, 3.8) is 0 Å². The van der Waals surface area contributed by atoms with Gasteiger partial charge in [-0.15, -0.1) is 0 Å². The molecule has 0 N–H and O–H groups in total. The van der Waals surface area contributed by atoms with Gasteiger partial charge in [0.25, 0.3) is 0 Å². The van der Waals surface area contributed by atoms with Gasteiger partial charge < -0.3 is 14.2 Å². The van der Waals surface area contributed by atoms with Crippen LogP contribution in [0.2, 0.25) is 0 Å². The zero-order valence-electron chi connectivity index (χ0n) is 13.7. The summed E-state index contributed by atoms with van der Waals surface area (Å²) in [4.78, 5) is 0. The molecule has 2 rings (SSSR count). The van der Waals surface area contributed by atoms with E-state index in [1.807, 2.05) is 0 Å². The molecule has 0 radical (unpaired) electrons. The van der Waals surface area contributed by atoms with E-state index < -0.39 is 11.6 Å². The normalized spacial score (nSPS) is 21.6. The molecular weight excluding hydrogens is 302 g/mol. The van der Waals surface area contributed by atoms with Gasteiger partial charge in [0.15, 0.2) is 11.5 Å². The van der Waals surface area contributed by atoms with E-state index >= 15 is 0 Å². The van der Waals surface area contributed by atoms with E-state index in [0.29, 0.717) is 25.0 Å². The Balaban J connectivity index is 1.81. The fraction of sp³-hybridized carbons (Fsp3) is 0.556. The largest absolute Gasteiger partial charge is 0.494 e. The molecular formula is C18H24F2O3. The summed E-state index contributed by atoms with van der Waals surface area (Å²) < 4.78 is 42.7. The molecule has 0 atom stereocenters. The number of halogens is 2. The van der Waals surface area contributed by atoms with E-state index in [0.717, 1.165) is 25.7 Å². The predicted molar refractivity (Wildman–Crippen MR) is 84.9 cm³/mol. The van der Waals surface area contributed by atoms with E-state index in [1.165, 1.54) is 19.2 Å². The van der Waals surface area contributed by atoms with Gasteiger partial charge in [0, 0.05) is 7.11 Å². The summed E-state index contributed by atoms with van der Waals surface area (Å²) in [5.41, 5.74) is 0. The molecule has 1 fully saturated rings.